The largest absolute Gasteiger partial charge is 0.339 e. The summed E-state index contributed by atoms with van der Waals surface area (Å²) < 4.78 is 1.68. The fourth-order valence-corrected chi connectivity index (χ4v) is 3.10. The van der Waals surface area contributed by atoms with Crippen LogP contribution >= 0.6 is 11.6 Å². The molecule has 126 valence electrons. The van der Waals surface area contributed by atoms with Gasteiger partial charge in [-0.05, 0) is 19.1 Å². The van der Waals surface area contributed by atoms with Crippen LogP contribution in [0, 0.1) is 6.92 Å². The minimum absolute atomic E-state index is 0.0461. The lowest BCUT2D eigenvalue weighted by atomic mass is 10.2. The Hall–Kier alpha value is -2.34. The number of piperazine rings is 1. The molecule has 1 aliphatic heterocycles. The van der Waals surface area contributed by atoms with Crippen molar-refractivity contribution in [3.8, 4) is 5.69 Å². The Bertz CT molecular complexity index is 779. The van der Waals surface area contributed by atoms with Crippen LogP contribution < -0.4 is 0 Å². The maximum Gasteiger partial charge on any atom is 0.257 e. The van der Waals surface area contributed by atoms with Crippen molar-refractivity contribution in [2.24, 2.45) is 0 Å². The van der Waals surface area contributed by atoms with E-state index in [0.717, 1.165) is 11.4 Å². The second-order valence-electron chi connectivity index (χ2n) is 5.81. The molecule has 2 aromatic rings. The highest BCUT2D eigenvalue weighted by molar-refractivity contribution is 6.32. The van der Waals surface area contributed by atoms with Gasteiger partial charge in [-0.3, -0.25) is 9.59 Å². The third-order valence-corrected chi connectivity index (χ3v) is 4.65. The SMILES string of the molecule is CC(=O)N1CCN(C(=O)c2cnn(-c3ccccc3Cl)c2C)CC1. The van der Waals surface area contributed by atoms with Gasteiger partial charge in [0.25, 0.3) is 5.91 Å². The average Bonchev–Trinajstić information content (AvgIpc) is 2.96. The molecular weight excluding hydrogens is 328 g/mol. The molecule has 1 saturated heterocycles. The number of carbonyl (C=O) groups excluding carboxylic acids is 2. The molecular formula is C17H19ClN4O2. The number of halogens is 1. The number of aromatic nitrogens is 2. The molecule has 2 amide bonds. The van der Waals surface area contributed by atoms with Gasteiger partial charge in [-0.2, -0.15) is 5.10 Å². The Morgan fingerprint density at radius 2 is 1.71 bits per heavy atom. The fraction of sp³-hybridized carbons (Fsp3) is 0.353. The Balaban J connectivity index is 1.80. The summed E-state index contributed by atoms with van der Waals surface area (Å²) in [5, 5.41) is 4.91. The molecule has 1 fully saturated rings. The zero-order valence-electron chi connectivity index (χ0n) is 13.7. The van der Waals surface area contributed by atoms with Gasteiger partial charge in [0.2, 0.25) is 5.91 Å². The molecule has 1 aliphatic rings. The van der Waals surface area contributed by atoms with Crippen molar-refractivity contribution in [2.75, 3.05) is 26.2 Å². The van der Waals surface area contributed by atoms with E-state index < -0.39 is 0 Å². The van der Waals surface area contributed by atoms with Crippen LogP contribution in [-0.2, 0) is 4.79 Å². The third kappa shape index (κ3) is 3.01. The van der Waals surface area contributed by atoms with E-state index >= 15 is 0 Å². The number of hydrogen-bond donors (Lipinski definition) is 0. The second-order valence-corrected chi connectivity index (χ2v) is 6.21. The molecule has 0 N–H and O–H groups in total. The van der Waals surface area contributed by atoms with Crippen molar-refractivity contribution in [3.05, 3.63) is 46.7 Å². The first-order chi connectivity index (χ1) is 11.5. The van der Waals surface area contributed by atoms with Gasteiger partial charge in [0.15, 0.2) is 0 Å². The van der Waals surface area contributed by atoms with E-state index in [0.29, 0.717) is 36.8 Å². The predicted molar refractivity (Wildman–Crippen MR) is 91.5 cm³/mol. The molecule has 7 heteroatoms. The van der Waals surface area contributed by atoms with E-state index in [1.165, 1.54) is 0 Å². The first kappa shape index (κ1) is 16.5. The number of para-hydroxylation sites is 1. The van der Waals surface area contributed by atoms with Gasteiger partial charge in [-0.15, -0.1) is 0 Å². The summed E-state index contributed by atoms with van der Waals surface area (Å²) in [4.78, 5) is 27.7. The van der Waals surface area contributed by atoms with Gasteiger partial charge in [0.05, 0.1) is 28.2 Å². The summed E-state index contributed by atoms with van der Waals surface area (Å²) in [5.41, 5.74) is 2.06. The Kier molecular flexibility index (Phi) is 4.57. The summed E-state index contributed by atoms with van der Waals surface area (Å²) >= 11 is 6.22. The van der Waals surface area contributed by atoms with Crippen LogP contribution in [0.1, 0.15) is 23.0 Å². The Labute approximate surface area is 145 Å². The van der Waals surface area contributed by atoms with Crippen LogP contribution in [0.3, 0.4) is 0 Å². The van der Waals surface area contributed by atoms with Crippen molar-refractivity contribution in [1.82, 2.24) is 19.6 Å². The smallest absolute Gasteiger partial charge is 0.257 e. The number of amides is 2. The van der Waals surface area contributed by atoms with E-state index in [-0.39, 0.29) is 11.8 Å². The van der Waals surface area contributed by atoms with E-state index in [9.17, 15) is 9.59 Å². The zero-order chi connectivity index (χ0) is 17.3. The molecule has 24 heavy (non-hydrogen) atoms. The zero-order valence-corrected chi connectivity index (χ0v) is 14.5. The standard InChI is InChI=1S/C17H19ClN4O2/c1-12-14(11-19-22(12)16-6-4-3-5-15(16)18)17(24)21-9-7-20(8-10-21)13(2)23/h3-6,11H,7-10H2,1-2H3. The summed E-state index contributed by atoms with van der Waals surface area (Å²) in [6.45, 7) is 5.62. The number of carbonyl (C=O) groups is 2. The van der Waals surface area contributed by atoms with Crippen molar-refractivity contribution in [3.63, 3.8) is 0 Å². The molecule has 0 atom stereocenters. The van der Waals surface area contributed by atoms with Gasteiger partial charge >= 0.3 is 0 Å². The molecule has 0 unspecified atom stereocenters. The van der Waals surface area contributed by atoms with Crippen molar-refractivity contribution < 1.29 is 9.59 Å². The average molecular weight is 347 g/mol. The molecule has 0 saturated carbocycles. The minimum Gasteiger partial charge on any atom is -0.339 e. The maximum absolute atomic E-state index is 12.8. The topological polar surface area (TPSA) is 58.4 Å². The van der Waals surface area contributed by atoms with E-state index in [1.807, 2.05) is 25.1 Å². The molecule has 0 spiro atoms. The second kappa shape index (κ2) is 6.65. The van der Waals surface area contributed by atoms with Crippen molar-refractivity contribution >= 4 is 23.4 Å². The highest BCUT2D eigenvalue weighted by Gasteiger charge is 2.26. The van der Waals surface area contributed by atoms with E-state index in [2.05, 4.69) is 5.10 Å². The molecule has 0 bridgehead atoms. The normalized spacial score (nSPS) is 14.8. The summed E-state index contributed by atoms with van der Waals surface area (Å²) in [6.07, 6.45) is 1.58. The molecule has 0 aliphatic carbocycles. The molecule has 1 aromatic carbocycles. The summed E-state index contributed by atoms with van der Waals surface area (Å²) in [5.74, 6) is -0.0150. The Morgan fingerprint density at radius 1 is 1.08 bits per heavy atom. The van der Waals surface area contributed by atoms with Crippen molar-refractivity contribution in [2.45, 2.75) is 13.8 Å². The predicted octanol–water partition coefficient (Wildman–Crippen LogP) is 2.14. The quantitative estimate of drug-likeness (QED) is 0.837. The monoisotopic (exact) mass is 346 g/mol. The van der Waals surface area contributed by atoms with Crippen LogP contribution in [0.2, 0.25) is 5.02 Å². The summed E-state index contributed by atoms with van der Waals surface area (Å²) in [7, 11) is 0. The first-order valence-corrected chi connectivity index (χ1v) is 8.21. The lowest BCUT2D eigenvalue weighted by molar-refractivity contribution is -0.130. The van der Waals surface area contributed by atoms with Crippen LogP contribution in [0.5, 0.6) is 0 Å². The van der Waals surface area contributed by atoms with Crippen LogP contribution in [0.25, 0.3) is 5.69 Å². The lowest BCUT2D eigenvalue weighted by Crippen LogP contribution is -2.50. The van der Waals surface area contributed by atoms with Gasteiger partial charge < -0.3 is 9.80 Å². The lowest BCUT2D eigenvalue weighted by Gasteiger charge is -2.34. The number of rotatable bonds is 2. The first-order valence-electron chi connectivity index (χ1n) is 7.83. The molecule has 0 radical (unpaired) electrons. The third-order valence-electron chi connectivity index (χ3n) is 4.33. The van der Waals surface area contributed by atoms with Gasteiger partial charge in [-0.25, -0.2) is 4.68 Å². The van der Waals surface area contributed by atoms with Gasteiger partial charge in [0, 0.05) is 33.1 Å². The van der Waals surface area contributed by atoms with Crippen LogP contribution in [0.15, 0.2) is 30.5 Å². The maximum atomic E-state index is 12.8. The number of hydrogen-bond acceptors (Lipinski definition) is 3. The molecule has 3 rings (SSSR count). The van der Waals surface area contributed by atoms with Crippen LogP contribution in [0.4, 0.5) is 0 Å². The minimum atomic E-state index is -0.0611. The molecule has 2 heterocycles. The van der Waals surface area contributed by atoms with Crippen LogP contribution in [-0.4, -0.2) is 57.6 Å². The summed E-state index contributed by atoms with van der Waals surface area (Å²) in [6, 6.07) is 7.39. The Morgan fingerprint density at radius 3 is 2.33 bits per heavy atom. The van der Waals surface area contributed by atoms with Crippen molar-refractivity contribution in [1.29, 1.82) is 0 Å². The van der Waals surface area contributed by atoms with Gasteiger partial charge in [-0.1, -0.05) is 23.7 Å². The highest BCUT2D eigenvalue weighted by atomic mass is 35.5. The fourth-order valence-electron chi connectivity index (χ4n) is 2.88. The van der Waals surface area contributed by atoms with E-state index in [4.69, 9.17) is 11.6 Å². The number of nitrogens with zero attached hydrogens (tertiary/aromatic N) is 4. The molecule has 1 aromatic heterocycles. The van der Waals surface area contributed by atoms with Gasteiger partial charge in [0.1, 0.15) is 0 Å². The number of benzene rings is 1. The highest BCUT2D eigenvalue weighted by Crippen LogP contribution is 2.22. The van der Waals surface area contributed by atoms with E-state index in [1.54, 1.807) is 33.7 Å². The molecule has 6 nitrogen and oxygen atoms in total.